The molecule has 1 saturated heterocycles. The SMILES string of the molecule is O=C1Nc2ccccc2N=C2CCNCCC12. The maximum absolute atomic E-state index is 12.1. The molecule has 1 atom stereocenters. The van der Waals surface area contributed by atoms with E-state index in [4.69, 9.17) is 0 Å². The van der Waals surface area contributed by atoms with E-state index in [-0.39, 0.29) is 11.8 Å². The summed E-state index contributed by atoms with van der Waals surface area (Å²) < 4.78 is 0. The summed E-state index contributed by atoms with van der Waals surface area (Å²) >= 11 is 0. The number of carbonyl (C=O) groups is 1. The van der Waals surface area contributed by atoms with Crippen LogP contribution in [0, 0.1) is 5.92 Å². The molecule has 2 heterocycles. The predicted molar refractivity (Wildman–Crippen MR) is 67.8 cm³/mol. The molecule has 1 fully saturated rings. The Balaban J connectivity index is 2.06. The standard InChI is InChI=1S/C13H15N3O/c17-13-9-5-7-14-8-6-10(9)15-11-3-1-2-4-12(11)16-13/h1-4,9,14H,5-8H2,(H,16,17). The molecule has 1 aromatic carbocycles. The molecule has 17 heavy (non-hydrogen) atoms. The first-order valence-corrected chi connectivity index (χ1v) is 6.02. The van der Waals surface area contributed by atoms with Gasteiger partial charge < -0.3 is 10.6 Å². The lowest BCUT2D eigenvalue weighted by molar-refractivity contribution is -0.118. The zero-order valence-corrected chi connectivity index (χ0v) is 9.57. The number of amides is 1. The van der Waals surface area contributed by atoms with E-state index in [9.17, 15) is 4.79 Å². The molecule has 4 heteroatoms. The highest BCUT2D eigenvalue weighted by Gasteiger charge is 2.28. The fourth-order valence-electron chi connectivity index (χ4n) is 2.40. The lowest BCUT2D eigenvalue weighted by Crippen LogP contribution is -2.28. The van der Waals surface area contributed by atoms with Gasteiger partial charge in [-0.05, 0) is 31.5 Å². The first-order chi connectivity index (χ1) is 8.34. The second-order valence-corrected chi connectivity index (χ2v) is 4.45. The van der Waals surface area contributed by atoms with Crippen LogP contribution in [0.5, 0.6) is 0 Å². The van der Waals surface area contributed by atoms with Crippen LogP contribution >= 0.6 is 0 Å². The molecule has 88 valence electrons. The highest BCUT2D eigenvalue weighted by Crippen LogP contribution is 2.30. The summed E-state index contributed by atoms with van der Waals surface area (Å²) in [5, 5.41) is 6.28. The number of aliphatic imine (C=N–C) groups is 1. The van der Waals surface area contributed by atoms with E-state index in [1.807, 2.05) is 24.3 Å². The maximum Gasteiger partial charge on any atom is 0.233 e. The maximum atomic E-state index is 12.1. The highest BCUT2D eigenvalue weighted by atomic mass is 16.1. The third-order valence-corrected chi connectivity index (χ3v) is 3.31. The van der Waals surface area contributed by atoms with Gasteiger partial charge in [0.05, 0.1) is 17.3 Å². The van der Waals surface area contributed by atoms with Crippen LogP contribution in [0.25, 0.3) is 0 Å². The molecule has 1 aromatic rings. The Morgan fingerprint density at radius 2 is 2.12 bits per heavy atom. The Bertz CT molecular complexity index is 481. The van der Waals surface area contributed by atoms with E-state index in [1.165, 1.54) is 0 Å². The van der Waals surface area contributed by atoms with E-state index in [0.717, 1.165) is 43.0 Å². The first-order valence-electron chi connectivity index (χ1n) is 6.02. The van der Waals surface area contributed by atoms with Crippen molar-refractivity contribution in [2.75, 3.05) is 18.4 Å². The van der Waals surface area contributed by atoms with Crippen LogP contribution < -0.4 is 10.6 Å². The lowest BCUT2D eigenvalue weighted by atomic mass is 9.97. The number of fused-ring (bicyclic) bond motifs is 2. The first kappa shape index (κ1) is 10.5. The number of anilines is 1. The molecule has 3 rings (SSSR count). The largest absolute Gasteiger partial charge is 0.324 e. The molecule has 2 N–H and O–H groups in total. The van der Waals surface area contributed by atoms with Crippen molar-refractivity contribution in [1.82, 2.24) is 5.32 Å². The van der Waals surface area contributed by atoms with Gasteiger partial charge in [-0.2, -0.15) is 0 Å². The van der Waals surface area contributed by atoms with Gasteiger partial charge in [0.2, 0.25) is 5.91 Å². The van der Waals surface area contributed by atoms with Crippen molar-refractivity contribution in [2.45, 2.75) is 12.8 Å². The van der Waals surface area contributed by atoms with Crippen molar-refractivity contribution in [1.29, 1.82) is 0 Å². The Morgan fingerprint density at radius 3 is 3.06 bits per heavy atom. The van der Waals surface area contributed by atoms with Gasteiger partial charge in [-0.1, -0.05) is 12.1 Å². The summed E-state index contributed by atoms with van der Waals surface area (Å²) in [5.41, 5.74) is 2.71. The second-order valence-electron chi connectivity index (χ2n) is 4.45. The number of para-hydroxylation sites is 2. The summed E-state index contributed by atoms with van der Waals surface area (Å²) in [6.07, 6.45) is 1.69. The van der Waals surface area contributed by atoms with Gasteiger partial charge in [0, 0.05) is 12.3 Å². The number of benzene rings is 1. The minimum atomic E-state index is -0.0719. The van der Waals surface area contributed by atoms with E-state index < -0.39 is 0 Å². The van der Waals surface area contributed by atoms with Crippen LogP contribution in [0.1, 0.15) is 12.8 Å². The van der Waals surface area contributed by atoms with Gasteiger partial charge in [-0.15, -0.1) is 0 Å². The van der Waals surface area contributed by atoms with E-state index >= 15 is 0 Å². The number of nitrogens with zero attached hydrogens (tertiary/aromatic N) is 1. The van der Waals surface area contributed by atoms with Crippen molar-refractivity contribution in [3.05, 3.63) is 24.3 Å². The summed E-state index contributed by atoms with van der Waals surface area (Å²) in [5.74, 6) is 0.00907. The van der Waals surface area contributed by atoms with Crippen molar-refractivity contribution in [3.63, 3.8) is 0 Å². The quantitative estimate of drug-likeness (QED) is 0.711. The van der Waals surface area contributed by atoms with E-state index in [1.54, 1.807) is 0 Å². The molecule has 1 amide bonds. The topological polar surface area (TPSA) is 53.5 Å². The summed E-state index contributed by atoms with van der Waals surface area (Å²) in [6.45, 7) is 1.79. The van der Waals surface area contributed by atoms with Crippen LogP contribution in [0.4, 0.5) is 11.4 Å². The van der Waals surface area contributed by atoms with Crippen LogP contribution in [-0.4, -0.2) is 24.7 Å². The second kappa shape index (κ2) is 4.30. The molecule has 0 bridgehead atoms. The number of rotatable bonds is 0. The van der Waals surface area contributed by atoms with Gasteiger partial charge in [-0.25, -0.2) is 0 Å². The molecule has 1 unspecified atom stereocenters. The van der Waals surface area contributed by atoms with Crippen LogP contribution in [0.2, 0.25) is 0 Å². The third kappa shape index (κ3) is 1.96. The van der Waals surface area contributed by atoms with E-state index in [0.29, 0.717) is 0 Å². The molecule has 2 aliphatic rings. The van der Waals surface area contributed by atoms with Crippen molar-refractivity contribution >= 4 is 23.0 Å². The zero-order valence-electron chi connectivity index (χ0n) is 9.57. The number of hydrogen-bond donors (Lipinski definition) is 2. The molecule has 0 aliphatic carbocycles. The Hall–Kier alpha value is -1.68. The van der Waals surface area contributed by atoms with Crippen LogP contribution in [-0.2, 0) is 4.79 Å². The summed E-state index contributed by atoms with van der Waals surface area (Å²) in [4.78, 5) is 16.8. The minimum Gasteiger partial charge on any atom is -0.324 e. The third-order valence-electron chi connectivity index (χ3n) is 3.31. The van der Waals surface area contributed by atoms with Crippen LogP contribution in [0.15, 0.2) is 29.3 Å². The molecule has 0 aromatic heterocycles. The average molecular weight is 229 g/mol. The van der Waals surface area contributed by atoms with Crippen LogP contribution in [0.3, 0.4) is 0 Å². The van der Waals surface area contributed by atoms with Gasteiger partial charge in [0.25, 0.3) is 0 Å². The monoisotopic (exact) mass is 229 g/mol. The Labute approximate surface area is 100 Å². The Morgan fingerprint density at radius 1 is 1.24 bits per heavy atom. The number of hydrogen-bond acceptors (Lipinski definition) is 3. The average Bonchev–Trinajstić information content (AvgIpc) is 2.62. The lowest BCUT2D eigenvalue weighted by Gasteiger charge is -2.12. The van der Waals surface area contributed by atoms with Gasteiger partial charge >= 0.3 is 0 Å². The van der Waals surface area contributed by atoms with E-state index in [2.05, 4.69) is 15.6 Å². The highest BCUT2D eigenvalue weighted by molar-refractivity contribution is 6.13. The minimum absolute atomic E-state index is 0.0719. The molecule has 0 radical (unpaired) electrons. The number of carbonyl (C=O) groups excluding carboxylic acids is 1. The fourth-order valence-corrected chi connectivity index (χ4v) is 2.40. The molecule has 0 spiro atoms. The molecular formula is C13H15N3O. The number of nitrogens with one attached hydrogen (secondary N) is 2. The molecule has 2 aliphatic heterocycles. The van der Waals surface area contributed by atoms with Gasteiger partial charge in [0.1, 0.15) is 0 Å². The van der Waals surface area contributed by atoms with Gasteiger partial charge in [-0.3, -0.25) is 9.79 Å². The van der Waals surface area contributed by atoms with Crippen molar-refractivity contribution < 1.29 is 4.79 Å². The molecule has 4 nitrogen and oxygen atoms in total. The molecular weight excluding hydrogens is 214 g/mol. The van der Waals surface area contributed by atoms with Gasteiger partial charge in [0.15, 0.2) is 0 Å². The summed E-state index contributed by atoms with van der Waals surface area (Å²) in [7, 11) is 0. The zero-order chi connectivity index (χ0) is 11.7. The fraction of sp³-hybridized carbons (Fsp3) is 0.385. The normalized spacial score (nSPS) is 23.6. The smallest absolute Gasteiger partial charge is 0.233 e. The van der Waals surface area contributed by atoms with Crippen molar-refractivity contribution in [3.8, 4) is 0 Å². The summed E-state index contributed by atoms with van der Waals surface area (Å²) in [6, 6.07) is 7.72. The Kier molecular flexibility index (Phi) is 2.65. The van der Waals surface area contributed by atoms with Crippen molar-refractivity contribution in [2.24, 2.45) is 10.9 Å². The molecule has 0 saturated carbocycles. The predicted octanol–water partition coefficient (Wildman–Crippen LogP) is 1.71.